The van der Waals surface area contributed by atoms with Crippen molar-refractivity contribution in [2.24, 2.45) is 0 Å². The average molecular weight is 314 g/mol. The van der Waals surface area contributed by atoms with E-state index < -0.39 is 0 Å². The summed E-state index contributed by atoms with van der Waals surface area (Å²) in [4.78, 5) is 0. The molecule has 0 aromatic heterocycles. The van der Waals surface area contributed by atoms with E-state index in [0.29, 0.717) is 0 Å². The van der Waals surface area contributed by atoms with E-state index in [0.717, 1.165) is 0 Å². The molecule has 0 aliphatic rings. The number of fused-ring (bicyclic) bond motifs is 1. The number of hydrogen-bond acceptors (Lipinski definition) is 0. The molecule has 23 heavy (non-hydrogen) atoms. The smallest absolute Gasteiger partial charge is 0.0178 e. The first-order chi connectivity index (χ1) is 11.3. The first kappa shape index (κ1) is 15.5. The molecule has 0 aliphatic heterocycles. The fourth-order valence-electron chi connectivity index (χ4n) is 2.47. The molecule has 112 valence electrons. The third kappa shape index (κ3) is 4.28. The van der Waals surface area contributed by atoms with Crippen LogP contribution >= 0.6 is 9.24 Å². The first-order valence-corrected chi connectivity index (χ1v) is 8.25. The maximum absolute atomic E-state index is 2.70. The average Bonchev–Trinajstić information content (AvgIpc) is 2.64. The van der Waals surface area contributed by atoms with Crippen molar-refractivity contribution in [1.82, 2.24) is 0 Å². The minimum Gasteiger partial charge on any atom is -0.106 e. The standard InChI is InChI=1S/C12H10.C10H9P/c1-3-7-11(8-4-1)12-9-5-2-6-10-12;11-10-6-5-8-3-1-2-4-9(8)7-10/h1-10H;1-7H,11H2. The summed E-state index contributed by atoms with van der Waals surface area (Å²) < 4.78 is 0. The zero-order valence-corrected chi connectivity index (χ0v) is 14.0. The minimum absolute atomic E-state index is 1.24. The van der Waals surface area contributed by atoms with Crippen molar-refractivity contribution < 1.29 is 0 Å². The molecular formula is C22H19P. The zero-order valence-electron chi connectivity index (χ0n) is 12.9. The molecular weight excluding hydrogens is 295 g/mol. The Kier molecular flexibility index (Phi) is 5.19. The van der Waals surface area contributed by atoms with Crippen LogP contribution < -0.4 is 5.30 Å². The third-order valence-electron chi connectivity index (χ3n) is 3.65. The molecule has 0 heterocycles. The lowest BCUT2D eigenvalue weighted by Crippen LogP contribution is -1.86. The number of benzene rings is 4. The van der Waals surface area contributed by atoms with E-state index in [2.05, 4.69) is 100 Å². The maximum atomic E-state index is 2.70. The van der Waals surface area contributed by atoms with E-state index in [1.807, 2.05) is 12.1 Å². The van der Waals surface area contributed by atoms with Crippen LogP contribution in [-0.4, -0.2) is 0 Å². The van der Waals surface area contributed by atoms with Gasteiger partial charge in [-0.3, -0.25) is 0 Å². The predicted octanol–water partition coefficient (Wildman–Crippen LogP) is 5.69. The molecule has 1 heteroatoms. The van der Waals surface area contributed by atoms with Crippen LogP contribution in [0.15, 0.2) is 103 Å². The predicted molar refractivity (Wildman–Crippen MR) is 105 cm³/mol. The van der Waals surface area contributed by atoms with Gasteiger partial charge in [0.25, 0.3) is 0 Å². The lowest BCUT2D eigenvalue weighted by Gasteiger charge is -1.98. The number of rotatable bonds is 1. The van der Waals surface area contributed by atoms with Crippen molar-refractivity contribution in [3.8, 4) is 11.1 Å². The molecule has 1 atom stereocenters. The van der Waals surface area contributed by atoms with E-state index >= 15 is 0 Å². The van der Waals surface area contributed by atoms with Gasteiger partial charge in [-0.25, -0.2) is 0 Å². The van der Waals surface area contributed by atoms with Gasteiger partial charge in [-0.15, -0.1) is 9.24 Å². The number of hydrogen-bond donors (Lipinski definition) is 0. The minimum atomic E-state index is 1.24. The molecule has 0 aliphatic carbocycles. The maximum Gasteiger partial charge on any atom is -0.0178 e. The van der Waals surface area contributed by atoms with Gasteiger partial charge in [0.05, 0.1) is 0 Å². The van der Waals surface area contributed by atoms with Crippen LogP contribution in [0.25, 0.3) is 21.9 Å². The Morgan fingerprint density at radius 2 is 0.913 bits per heavy atom. The van der Waals surface area contributed by atoms with Gasteiger partial charge in [0.2, 0.25) is 0 Å². The molecule has 0 amide bonds. The fraction of sp³-hybridized carbons (Fsp3) is 0. The van der Waals surface area contributed by atoms with E-state index in [4.69, 9.17) is 0 Å². The highest BCUT2D eigenvalue weighted by atomic mass is 31.0. The summed E-state index contributed by atoms with van der Waals surface area (Å²) in [6, 6.07) is 35.6. The van der Waals surface area contributed by atoms with Gasteiger partial charge < -0.3 is 0 Å². The highest BCUT2D eigenvalue weighted by molar-refractivity contribution is 7.27. The van der Waals surface area contributed by atoms with Crippen LogP contribution in [0.1, 0.15) is 0 Å². The summed E-state index contributed by atoms with van der Waals surface area (Å²) >= 11 is 0. The lowest BCUT2D eigenvalue weighted by molar-refractivity contribution is 1.62. The van der Waals surface area contributed by atoms with Crippen LogP contribution in [0.3, 0.4) is 0 Å². The van der Waals surface area contributed by atoms with Gasteiger partial charge in [0.15, 0.2) is 0 Å². The molecule has 4 aromatic rings. The molecule has 4 aromatic carbocycles. The Balaban J connectivity index is 0.000000136. The SMILES string of the molecule is Pc1ccc2ccccc2c1.c1ccc(-c2ccccc2)cc1. The van der Waals surface area contributed by atoms with Crippen molar-refractivity contribution in [1.29, 1.82) is 0 Å². The summed E-state index contributed by atoms with van der Waals surface area (Å²) in [5.74, 6) is 0. The van der Waals surface area contributed by atoms with Gasteiger partial charge in [-0.1, -0.05) is 97.1 Å². The Morgan fingerprint density at radius 3 is 1.48 bits per heavy atom. The normalized spacial score (nSPS) is 9.96. The van der Waals surface area contributed by atoms with E-state index in [1.165, 1.54) is 27.2 Å². The van der Waals surface area contributed by atoms with Gasteiger partial charge in [0.1, 0.15) is 0 Å². The van der Waals surface area contributed by atoms with Crippen molar-refractivity contribution in [2.45, 2.75) is 0 Å². The van der Waals surface area contributed by atoms with Gasteiger partial charge in [-0.2, -0.15) is 0 Å². The highest BCUT2D eigenvalue weighted by Crippen LogP contribution is 2.17. The van der Waals surface area contributed by atoms with Gasteiger partial charge in [-0.05, 0) is 33.3 Å². The summed E-state index contributed by atoms with van der Waals surface area (Å²) in [5, 5.41) is 3.85. The Morgan fingerprint density at radius 1 is 0.435 bits per heavy atom. The van der Waals surface area contributed by atoms with Crippen LogP contribution in [-0.2, 0) is 0 Å². The Hall–Kier alpha value is -2.43. The summed E-state index contributed by atoms with van der Waals surface area (Å²) in [5.41, 5.74) is 2.55. The molecule has 0 N–H and O–H groups in total. The van der Waals surface area contributed by atoms with Crippen LogP contribution in [0.5, 0.6) is 0 Å². The van der Waals surface area contributed by atoms with E-state index in [9.17, 15) is 0 Å². The summed E-state index contributed by atoms with van der Waals surface area (Å²) in [6.45, 7) is 0. The van der Waals surface area contributed by atoms with Gasteiger partial charge >= 0.3 is 0 Å². The highest BCUT2D eigenvalue weighted by Gasteiger charge is 1.92. The lowest BCUT2D eigenvalue weighted by atomic mass is 10.1. The second-order valence-electron chi connectivity index (χ2n) is 5.34. The van der Waals surface area contributed by atoms with Crippen LogP contribution in [0.4, 0.5) is 0 Å². The van der Waals surface area contributed by atoms with Crippen molar-refractivity contribution in [2.75, 3.05) is 0 Å². The fourth-order valence-corrected chi connectivity index (χ4v) is 2.74. The second-order valence-corrected chi connectivity index (χ2v) is 6.01. The summed E-state index contributed by atoms with van der Waals surface area (Å²) in [7, 11) is 2.70. The summed E-state index contributed by atoms with van der Waals surface area (Å²) in [6.07, 6.45) is 0. The molecule has 0 saturated carbocycles. The monoisotopic (exact) mass is 314 g/mol. The first-order valence-electron chi connectivity index (χ1n) is 7.68. The molecule has 0 nitrogen and oxygen atoms in total. The zero-order chi connectivity index (χ0) is 15.9. The molecule has 0 spiro atoms. The van der Waals surface area contributed by atoms with E-state index in [-0.39, 0.29) is 0 Å². The third-order valence-corrected chi connectivity index (χ3v) is 4.01. The Labute approximate surface area is 140 Å². The molecule has 1 unspecified atom stereocenters. The molecule has 0 saturated heterocycles. The Bertz CT molecular complexity index is 830. The van der Waals surface area contributed by atoms with Crippen LogP contribution in [0.2, 0.25) is 0 Å². The molecule has 4 rings (SSSR count). The van der Waals surface area contributed by atoms with E-state index in [1.54, 1.807) is 0 Å². The van der Waals surface area contributed by atoms with Crippen molar-refractivity contribution in [3.63, 3.8) is 0 Å². The largest absolute Gasteiger partial charge is 0.106 e. The van der Waals surface area contributed by atoms with Crippen molar-refractivity contribution in [3.05, 3.63) is 103 Å². The topological polar surface area (TPSA) is 0 Å². The van der Waals surface area contributed by atoms with Gasteiger partial charge in [0, 0.05) is 0 Å². The second kappa shape index (κ2) is 7.72. The quantitative estimate of drug-likeness (QED) is 0.396. The van der Waals surface area contributed by atoms with Crippen LogP contribution in [0, 0.1) is 0 Å². The molecule has 0 radical (unpaired) electrons. The molecule has 0 fully saturated rings. The van der Waals surface area contributed by atoms with Crippen molar-refractivity contribution >= 4 is 25.3 Å². The molecule has 0 bridgehead atoms.